The molecule has 3 heteroatoms. The SMILES string of the molecule is O=C1C=CC(=O)C2C1C1c3ccccc3C2(C(=O)c2ccccc2)C2C3CCC(C3)C12. The van der Waals surface area contributed by atoms with E-state index in [1.54, 1.807) is 0 Å². The zero-order valence-electron chi connectivity index (χ0n) is 17.2. The Morgan fingerprint density at radius 3 is 2.35 bits per heavy atom. The van der Waals surface area contributed by atoms with Gasteiger partial charge in [-0.15, -0.1) is 0 Å². The van der Waals surface area contributed by atoms with Crippen LogP contribution in [0, 0.1) is 35.5 Å². The molecule has 8 unspecified atom stereocenters. The fourth-order valence-corrected chi connectivity index (χ4v) is 8.74. The number of carbonyl (C=O) groups is 3. The van der Waals surface area contributed by atoms with Crippen LogP contribution in [0.5, 0.6) is 0 Å². The van der Waals surface area contributed by atoms with Crippen LogP contribution in [-0.2, 0) is 15.0 Å². The van der Waals surface area contributed by atoms with Crippen molar-refractivity contribution >= 4 is 17.3 Å². The lowest BCUT2D eigenvalue weighted by Crippen LogP contribution is -2.68. The Labute approximate surface area is 181 Å². The molecular formula is C28H24O3. The summed E-state index contributed by atoms with van der Waals surface area (Å²) in [6.07, 6.45) is 6.40. The Bertz CT molecular complexity index is 1180. The molecule has 0 aliphatic heterocycles. The molecule has 0 amide bonds. The molecule has 2 aromatic carbocycles. The van der Waals surface area contributed by atoms with Crippen molar-refractivity contribution < 1.29 is 14.4 Å². The van der Waals surface area contributed by atoms with Gasteiger partial charge in [-0.2, -0.15) is 0 Å². The van der Waals surface area contributed by atoms with E-state index in [1.807, 2.05) is 42.5 Å². The monoisotopic (exact) mass is 408 g/mol. The maximum absolute atomic E-state index is 14.6. The highest BCUT2D eigenvalue weighted by molar-refractivity contribution is 6.15. The predicted molar refractivity (Wildman–Crippen MR) is 116 cm³/mol. The van der Waals surface area contributed by atoms with E-state index in [4.69, 9.17) is 0 Å². The number of ketones is 3. The molecule has 3 nitrogen and oxygen atoms in total. The van der Waals surface area contributed by atoms with Gasteiger partial charge in [-0.25, -0.2) is 0 Å². The van der Waals surface area contributed by atoms with Gasteiger partial charge in [-0.3, -0.25) is 14.4 Å². The van der Waals surface area contributed by atoms with Crippen LogP contribution < -0.4 is 0 Å². The predicted octanol–water partition coefficient (Wildman–Crippen LogP) is 4.52. The minimum absolute atomic E-state index is 0.0328. The van der Waals surface area contributed by atoms with E-state index in [-0.39, 0.29) is 29.2 Å². The minimum Gasteiger partial charge on any atom is -0.294 e. The molecule has 0 heterocycles. The Morgan fingerprint density at radius 1 is 0.806 bits per heavy atom. The summed E-state index contributed by atoms with van der Waals surface area (Å²) in [6, 6.07) is 17.7. The summed E-state index contributed by atoms with van der Waals surface area (Å²) >= 11 is 0. The van der Waals surface area contributed by atoms with Crippen LogP contribution in [0.4, 0.5) is 0 Å². The summed E-state index contributed by atoms with van der Waals surface area (Å²) in [6.45, 7) is 0. The van der Waals surface area contributed by atoms with Gasteiger partial charge in [0, 0.05) is 17.4 Å². The van der Waals surface area contributed by atoms with Gasteiger partial charge >= 0.3 is 0 Å². The molecule has 0 saturated heterocycles. The lowest BCUT2D eigenvalue weighted by atomic mass is 9.36. The average molecular weight is 408 g/mol. The van der Waals surface area contributed by atoms with E-state index in [1.165, 1.54) is 18.6 Å². The molecule has 31 heavy (non-hydrogen) atoms. The standard InChI is InChI=1S/C28H24O3/c29-20-12-13-21(30)26-24(20)23-18-8-4-5-9-19(18)28(26,27(31)15-6-2-1-3-7-15)25-17-11-10-16(14-17)22(23)25/h1-9,12-13,16-17,22-26H,10-11,14H2. The molecule has 0 spiro atoms. The largest absolute Gasteiger partial charge is 0.294 e. The molecule has 0 radical (unpaired) electrons. The quantitative estimate of drug-likeness (QED) is 0.687. The zero-order chi connectivity index (χ0) is 20.9. The first kappa shape index (κ1) is 17.8. The Morgan fingerprint density at radius 2 is 1.52 bits per heavy atom. The van der Waals surface area contributed by atoms with Crippen molar-refractivity contribution in [2.45, 2.75) is 30.6 Å². The lowest BCUT2D eigenvalue weighted by molar-refractivity contribution is -0.142. The zero-order valence-corrected chi connectivity index (χ0v) is 17.2. The second-order valence-corrected chi connectivity index (χ2v) is 10.3. The highest BCUT2D eigenvalue weighted by atomic mass is 16.1. The Balaban J connectivity index is 1.59. The van der Waals surface area contributed by atoms with Crippen LogP contribution in [0.15, 0.2) is 66.7 Å². The van der Waals surface area contributed by atoms with Crippen molar-refractivity contribution in [1.82, 2.24) is 0 Å². The molecular weight excluding hydrogens is 384 g/mol. The van der Waals surface area contributed by atoms with Gasteiger partial charge in [0.05, 0.1) is 5.41 Å². The fraction of sp³-hybridized carbons (Fsp3) is 0.393. The van der Waals surface area contributed by atoms with Crippen molar-refractivity contribution in [1.29, 1.82) is 0 Å². The van der Waals surface area contributed by atoms with E-state index in [0.29, 0.717) is 23.3 Å². The third-order valence-electron chi connectivity index (χ3n) is 9.38. The van der Waals surface area contributed by atoms with Crippen LogP contribution in [0.2, 0.25) is 0 Å². The lowest BCUT2D eigenvalue weighted by Gasteiger charge is -2.64. The van der Waals surface area contributed by atoms with Crippen LogP contribution in [0.1, 0.15) is 46.7 Å². The normalized spacial score (nSPS) is 41.1. The summed E-state index contributed by atoms with van der Waals surface area (Å²) in [7, 11) is 0. The molecule has 0 aromatic heterocycles. The molecule has 3 saturated carbocycles. The maximum Gasteiger partial charge on any atom is 0.174 e. The third-order valence-corrected chi connectivity index (χ3v) is 9.38. The molecule has 8 rings (SSSR count). The number of Topliss-reactive ketones (excluding diaryl/α,β-unsaturated/α-hetero) is 1. The van der Waals surface area contributed by atoms with E-state index in [2.05, 4.69) is 12.1 Å². The van der Waals surface area contributed by atoms with Crippen molar-refractivity contribution in [3.05, 3.63) is 83.4 Å². The van der Waals surface area contributed by atoms with Gasteiger partial charge in [0.15, 0.2) is 17.3 Å². The van der Waals surface area contributed by atoms with Gasteiger partial charge in [-0.05, 0) is 72.1 Å². The van der Waals surface area contributed by atoms with Crippen molar-refractivity contribution in [2.24, 2.45) is 35.5 Å². The van der Waals surface area contributed by atoms with Crippen molar-refractivity contribution in [3.8, 4) is 0 Å². The van der Waals surface area contributed by atoms with Crippen LogP contribution in [0.25, 0.3) is 0 Å². The first-order valence-electron chi connectivity index (χ1n) is 11.6. The highest BCUT2D eigenvalue weighted by Crippen LogP contribution is 2.74. The van der Waals surface area contributed by atoms with Gasteiger partial charge in [0.1, 0.15) is 0 Å². The summed E-state index contributed by atoms with van der Waals surface area (Å²) in [5.41, 5.74) is 1.91. The van der Waals surface area contributed by atoms with Crippen LogP contribution in [0.3, 0.4) is 0 Å². The molecule has 2 aromatic rings. The topological polar surface area (TPSA) is 51.2 Å². The maximum atomic E-state index is 14.6. The van der Waals surface area contributed by atoms with E-state index in [9.17, 15) is 14.4 Å². The molecule has 8 atom stereocenters. The highest BCUT2D eigenvalue weighted by Gasteiger charge is 2.75. The number of hydrogen-bond acceptors (Lipinski definition) is 3. The summed E-state index contributed by atoms with van der Waals surface area (Å²) in [5, 5.41) is 0. The fourth-order valence-electron chi connectivity index (χ4n) is 8.74. The van der Waals surface area contributed by atoms with Crippen LogP contribution in [-0.4, -0.2) is 17.3 Å². The number of allylic oxidation sites excluding steroid dienone is 2. The average Bonchev–Trinajstić information content (AvgIpc) is 3.44. The molecule has 4 bridgehead atoms. The van der Waals surface area contributed by atoms with Gasteiger partial charge < -0.3 is 0 Å². The van der Waals surface area contributed by atoms with E-state index >= 15 is 0 Å². The molecule has 3 fully saturated rings. The molecule has 6 aliphatic rings. The number of hydrogen-bond donors (Lipinski definition) is 0. The molecule has 154 valence electrons. The Hall–Kier alpha value is -2.81. The second kappa shape index (κ2) is 5.91. The van der Waals surface area contributed by atoms with E-state index in [0.717, 1.165) is 24.0 Å². The Kier molecular flexibility index (Phi) is 3.40. The summed E-state index contributed by atoms with van der Waals surface area (Å²) in [5.74, 6) is 0.651. The first-order chi connectivity index (χ1) is 15.1. The number of rotatable bonds is 2. The summed E-state index contributed by atoms with van der Waals surface area (Å²) in [4.78, 5) is 41.4. The van der Waals surface area contributed by atoms with E-state index < -0.39 is 17.3 Å². The molecule has 6 aliphatic carbocycles. The summed E-state index contributed by atoms with van der Waals surface area (Å²) < 4.78 is 0. The van der Waals surface area contributed by atoms with Crippen molar-refractivity contribution in [3.63, 3.8) is 0 Å². The smallest absolute Gasteiger partial charge is 0.174 e. The number of benzene rings is 2. The number of carbonyl (C=O) groups excluding carboxylic acids is 3. The van der Waals surface area contributed by atoms with Crippen molar-refractivity contribution in [2.75, 3.05) is 0 Å². The minimum atomic E-state index is -0.931. The number of fused-ring (bicyclic) bond motifs is 2. The first-order valence-corrected chi connectivity index (χ1v) is 11.6. The van der Waals surface area contributed by atoms with Crippen LogP contribution >= 0.6 is 0 Å². The molecule has 0 N–H and O–H groups in total. The van der Waals surface area contributed by atoms with Gasteiger partial charge in [0.2, 0.25) is 0 Å². The van der Waals surface area contributed by atoms with Gasteiger partial charge in [0.25, 0.3) is 0 Å². The second-order valence-electron chi connectivity index (χ2n) is 10.3. The third kappa shape index (κ3) is 1.94. The van der Waals surface area contributed by atoms with Gasteiger partial charge in [-0.1, -0.05) is 54.6 Å².